The number of rotatable bonds is 6. The van der Waals surface area contributed by atoms with E-state index in [1.54, 1.807) is 0 Å². The molecule has 0 aliphatic rings. The Hall–Kier alpha value is -0.920. The van der Waals surface area contributed by atoms with Crippen LogP contribution >= 0.6 is 11.3 Å². The number of thiophene rings is 1. The molecule has 5 nitrogen and oxygen atoms in total. The minimum Gasteiger partial charge on any atom is -0.477 e. The highest BCUT2D eigenvalue weighted by molar-refractivity contribution is 7.91. The van der Waals surface area contributed by atoms with Gasteiger partial charge in [-0.2, -0.15) is 0 Å². The van der Waals surface area contributed by atoms with Crippen molar-refractivity contribution in [3.63, 3.8) is 0 Å². The molecule has 0 unspecified atom stereocenters. The van der Waals surface area contributed by atoms with Crippen LogP contribution in [0.1, 0.15) is 29.4 Å². The lowest BCUT2D eigenvalue weighted by Crippen LogP contribution is -2.23. The number of nitrogens with one attached hydrogen (secondary N) is 1. The lowest BCUT2D eigenvalue weighted by molar-refractivity contribution is 0.0702. The second-order valence-corrected chi connectivity index (χ2v) is 6.25. The van der Waals surface area contributed by atoms with Gasteiger partial charge in [-0.05, 0) is 18.6 Å². The van der Waals surface area contributed by atoms with Gasteiger partial charge in [0.25, 0.3) is 0 Å². The average molecular weight is 263 g/mol. The molecule has 0 saturated carbocycles. The van der Waals surface area contributed by atoms with E-state index in [2.05, 4.69) is 4.72 Å². The normalized spacial score (nSPS) is 11.6. The third-order valence-corrected chi connectivity index (χ3v) is 4.91. The van der Waals surface area contributed by atoms with Gasteiger partial charge in [-0.15, -0.1) is 11.3 Å². The van der Waals surface area contributed by atoms with Crippen LogP contribution in [0.4, 0.5) is 0 Å². The number of carboxylic acids is 1. The minimum atomic E-state index is -3.54. The maximum Gasteiger partial charge on any atom is 0.345 e. The van der Waals surface area contributed by atoms with E-state index in [1.165, 1.54) is 12.1 Å². The molecule has 1 aromatic heterocycles. The smallest absolute Gasteiger partial charge is 0.345 e. The largest absolute Gasteiger partial charge is 0.477 e. The fraction of sp³-hybridized carbons (Fsp3) is 0.444. The van der Waals surface area contributed by atoms with Crippen molar-refractivity contribution in [3.8, 4) is 0 Å². The molecule has 0 aromatic carbocycles. The molecule has 0 atom stereocenters. The third-order valence-electron chi connectivity index (χ3n) is 1.88. The van der Waals surface area contributed by atoms with Gasteiger partial charge < -0.3 is 5.11 Å². The van der Waals surface area contributed by atoms with E-state index in [9.17, 15) is 13.2 Å². The van der Waals surface area contributed by atoms with E-state index in [0.29, 0.717) is 6.54 Å². The van der Waals surface area contributed by atoms with E-state index in [0.717, 1.165) is 24.2 Å². The van der Waals surface area contributed by atoms with Crippen molar-refractivity contribution in [2.75, 3.05) is 6.54 Å². The second-order valence-electron chi connectivity index (χ2n) is 3.18. The summed E-state index contributed by atoms with van der Waals surface area (Å²) in [4.78, 5) is 10.6. The topological polar surface area (TPSA) is 83.5 Å². The van der Waals surface area contributed by atoms with Gasteiger partial charge in [-0.25, -0.2) is 17.9 Å². The Morgan fingerprint density at radius 3 is 2.69 bits per heavy atom. The summed E-state index contributed by atoms with van der Waals surface area (Å²) in [6.07, 6.45) is 1.66. The molecule has 0 aliphatic heterocycles. The summed E-state index contributed by atoms with van der Waals surface area (Å²) in [6.45, 7) is 2.33. The van der Waals surface area contributed by atoms with E-state index in [4.69, 9.17) is 5.11 Å². The van der Waals surface area contributed by atoms with Crippen LogP contribution in [-0.2, 0) is 10.0 Å². The summed E-state index contributed by atoms with van der Waals surface area (Å²) in [5, 5.41) is 8.67. The molecule has 1 heterocycles. The number of aromatic carboxylic acids is 1. The van der Waals surface area contributed by atoms with Gasteiger partial charge in [-0.1, -0.05) is 13.3 Å². The number of hydrogen-bond donors (Lipinski definition) is 2. The maximum atomic E-state index is 11.6. The van der Waals surface area contributed by atoms with Crippen molar-refractivity contribution in [1.29, 1.82) is 0 Å². The van der Waals surface area contributed by atoms with Gasteiger partial charge in [0.15, 0.2) is 0 Å². The molecule has 0 saturated heterocycles. The van der Waals surface area contributed by atoms with Crippen LogP contribution in [0.2, 0.25) is 0 Å². The van der Waals surface area contributed by atoms with Crippen molar-refractivity contribution < 1.29 is 18.3 Å². The molecule has 0 spiro atoms. The monoisotopic (exact) mass is 263 g/mol. The Labute approximate surface area is 98.2 Å². The average Bonchev–Trinajstić information content (AvgIpc) is 2.67. The predicted octanol–water partition coefficient (Wildman–Crippen LogP) is 1.52. The van der Waals surface area contributed by atoms with Gasteiger partial charge in [0.1, 0.15) is 9.09 Å². The number of hydrogen-bond acceptors (Lipinski definition) is 4. The zero-order valence-corrected chi connectivity index (χ0v) is 10.4. The Balaban J connectivity index is 2.78. The first-order valence-electron chi connectivity index (χ1n) is 4.80. The van der Waals surface area contributed by atoms with Crippen molar-refractivity contribution in [2.24, 2.45) is 0 Å². The van der Waals surface area contributed by atoms with E-state index in [-0.39, 0.29) is 9.09 Å². The third kappa shape index (κ3) is 3.29. The summed E-state index contributed by atoms with van der Waals surface area (Å²) < 4.78 is 25.8. The molecule has 0 bridgehead atoms. The zero-order chi connectivity index (χ0) is 12.2. The number of unbranched alkanes of at least 4 members (excludes halogenated alkanes) is 1. The van der Waals surface area contributed by atoms with Crippen molar-refractivity contribution in [3.05, 3.63) is 17.0 Å². The van der Waals surface area contributed by atoms with E-state index in [1.807, 2.05) is 6.92 Å². The summed E-state index contributed by atoms with van der Waals surface area (Å²) >= 11 is 0.756. The molecule has 0 aliphatic carbocycles. The Morgan fingerprint density at radius 2 is 2.19 bits per heavy atom. The van der Waals surface area contributed by atoms with Crippen LogP contribution in [0, 0.1) is 0 Å². The van der Waals surface area contributed by atoms with Crippen molar-refractivity contribution in [1.82, 2.24) is 4.72 Å². The second kappa shape index (κ2) is 5.42. The first-order valence-corrected chi connectivity index (χ1v) is 7.10. The quantitative estimate of drug-likeness (QED) is 0.762. The maximum absolute atomic E-state index is 11.6. The fourth-order valence-corrected chi connectivity index (χ4v) is 3.30. The lowest BCUT2D eigenvalue weighted by atomic mass is 10.3. The van der Waals surface area contributed by atoms with Crippen LogP contribution in [0.5, 0.6) is 0 Å². The summed E-state index contributed by atoms with van der Waals surface area (Å²) in [5.41, 5.74) is 0. The summed E-state index contributed by atoms with van der Waals surface area (Å²) in [6, 6.07) is 2.60. The van der Waals surface area contributed by atoms with Crippen LogP contribution in [-0.4, -0.2) is 26.0 Å². The van der Waals surface area contributed by atoms with Crippen LogP contribution in [0.15, 0.2) is 16.3 Å². The zero-order valence-electron chi connectivity index (χ0n) is 8.76. The summed E-state index contributed by atoms with van der Waals surface area (Å²) in [7, 11) is -3.54. The van der Waals surface area contributed by atoms with Gasteiger partial charge >= 0.3 is 5.97 Å². The molecule has 1 aromatic rings. The van der Waals surface area contributed by atoms with Gasteiger partial charge in [-0.3, -0.25) is 0 Å². The molecular weight excluding hydrogens is 250 g/mol. The van der Waals surface area contributed by atoms with Gasteiger partial charge in [0.05, 0.1) is 0 Å². The number of carboxylic acid groups (broad SMARTS) is 1. The Bertz CT molecular complexity index is 464. The Kier molecular flexibility index (Phi) is 4.45. The highest BCUT2D eigenvalue weighted by atomic mass is 32.2. The Morgan fingerprint density at radius 1 is 1.50 bits per heavy atom. The van der Waals surface area contributed by atoms with Gasteiger partial charge in [0.2, 0.25) is 10.0 Å². The molecule has 0 amide bonds. The molecule has 0 fully saturated rings. The predicted molar refractivity (Wildman–Crippen MR) is 61.4 cm³/mol. The highest BCUT2D eigenvalue weighted by Crippen LogP contribution is 2.21. The van der Waals surface area contributed by atoms with E-state index < -0.39 is 16.0 Å². The number of sulfonamides is 1. The summed E-state index contributed by atoms with van der Waals surface area (Å²) in [5.74, 6) is -1.11. The SMILES string of the molecule is CCCCNS(=O)(=O)c1ccc(C(=O)O)s1. The molecule has 2 N–H and O–H groups in total. The highest BCUT2D eigenvalue weighted by Gasteiger charge is 2.17. The lowest BCUT2D eigenvalue weighted by Gasteiger charge is -2.02. The van der Waals surface area contributed by atoms with Crippen molar-refractivity contribution >= 4 is 27.3 Å². The standard InChI is InChI=1S/C9H13NO4S2/c1-2-3-6-10-16(13,14)8-5-4-7(15-8)9(11)12/h4-5,10H,2-3,6H2,1H3,(H,11,12). The minimum absolute atomic E-state index is 0.0240. The number of carbonyl (C=O) groups is 1. The fourth-order valence-electron chi connectivity index (χ4n) is 1.03. The van der Waals surface area contributed by atoms with Crippen LogP contribution < -0.4 is 4.72 Å². The van der Waals surface area contributed by atoms with Crippen LogP contribution in [0.3, 0.4) is 0 Å². The first kappa shape index (κ1) is 13.1. The first-order chi connectivity index (χ1) is 7.47. The van der Waals surface area contributed by atoms with Crippen LogP contribution in [0.25, 0.3) is 0 Å². The molecule has 1 rings (SSSR count). The molecule has 0 radical (unpaired) electrons. The van der Waals surface area contributed by atoms with Crippen molar-refractivity contribution in [2.45, 2.75) is 24.0 Å². The van der Waals surface area contributed by atoms with Gasteiger partial charge in [0, 0.05) is 6.54 Å². The van der Waals surface area contributed by atoms with E-state index >= 15 is 0 Å². The molecule has 90 valence electrons. The molecular formula is C9H13NO4S2. The molecule has 7 heteroatoms. The molecule has 16 heavy (non-hydrogen) atoms.